The first-order valence-electron chi connectivity index (χ1n) is 14.1. The van der Waals surface area contributed by atoms with Crippen LogP contribution in [0.4, 0.5) is 10.5 Å². The number of sulfonamides is 1. The number of alkyl carbamates (subject to hydrolysis) is 1. The minimum absolute atomic E-state index is 0.146. The molecule has 0 spiro atoms. The van der Waals surface area contributed by atoms with Gasteiger partial charge in [0.05, 0.1) is 23.2 Å². The lowest BCUT2D eigenvalue weighted by Gasteiger charge is -2.40. The zero-order valence-electron chi connectivity index (χ0n) is 24.4. The Kier molecular flexibility index (Phi) is 8.24. The number of hydrogen-bond acceptors (Lipinski definition) is 7. The van der Waals surface area contributed by atoms with Crippen LogP contribution < -0.4 is 14.4 Å². The Morgan fingerprint density at radius 3 is 2.45 bits per heavy atom. The molecule has 2 heterocycles. The van der Waals surface area contributed by atoms with E-state index in [1.54, 1.807) is 63.2 Å². The van der Waals surface area contributed by atoms with E-state index in [1.807, 2.05) is 37.3 Å². The van der Waals surface area contributed by atoms with Crippen LogP contribution in [-0.4, -0.2) is 50.0 Å². The molecule has 0 bridgehead atoms. The summed E-state index contributed by atoms with van der Waals surface area (Å²) in [5, 5.41) is 13.3. The maximum atomic E-state index is 14.3. The van der Waals surface area contributed by atoms with Crippen LogP contribution >= 0.6 is 0 Å². The SMILES string of the molecule is Cc1ccc(S(=O)(=O)N2c3ccc(OCc4ccccc4)cc3C3OC3(CO)C2CCCNC(=O)OC(C)(C)C)cc1. The maximum Gasteiger partial charge on any atom is 0.407 e. The number of rotatable bonds is 10. The molecule has 3 aromatic rings. The van der Waals surface area contributed by atoms with Gasteiger partial charge >= 0.3 is 6.09 Å². The van der Waals surface area contributed by atoms with E-state index >= 15 is 0 Å². The summed E-state index contributed by atoms with van der Waals surface area (Å²) < 4.78 is 47.4. The second kappa shape index (κ2) is 11.6. The molecule has 1 saturated heterocycles. The third-order valence-electron chi connectivity index (χ3n) is 7.49. The van der Waals surface area contributed by atoms with Gasteiger partial charge in [-0.3, -0.25) is 4.31 Å². The molecule has 1 amide bonds. The number of carbonyl (C=O) groups excluding carboxylic acids is 1. The Bertz CT molecular complexity index is 1520. The standard InChI is InChI=1S/C32H38N2O7S/c1-22-12-15-25(16-13-22)42(37,38)34-27-17-14-24(39-20-23-9-6-5-7-10-23)19-26(27)29-32(21-35,40-29)28(34)11-8-18-33-30(36)41-31(2,3)4/h5-7,9-10,12-17,19,28-29,35H,8,11,18,20-21H2,1-4H3,(H,33,36). The Morgan fingerprint density at radius 1 is 1.07 bits per heavy atom. The normalized spacial score (nSPS) is 21.2. The van der Waals surface area contributed by atoms with Gasteiger partial charge < -0.3 is 24.6 Å². The van der Waals surface area contributed by atoms with Gasteiger partial charge in [-0.2, -0.15) is 0 Å². The second-order valence-electron chi connectivity index (χ2n) is 11.8. The number of aryl methyl sites for hydroxylation is 1. The molecular formula is C32H38N2O7S. The molecule has 2 aliphatic rings. The molecule has 42 heavy (non-hydrogen) atoms. The fourth-order valence-corrected chi connectivity index (χ4v) is 7.16. The summed E-state index contributed by atoms with van der Waals surface area (Å²) in [6.07, 6.45) is -0.258. The first-order chi connectivity index (χ1) is 19.9. The molecule has 0 saturated carbocycles. The van der Waals surface area contributed by atoms with Crippen LogP contribution in [0.3, 0.4) is 0 Å². The average Bonchev–Trinajstić information content (AvgIpc) is 3.70. The molecule has 9 nitrogen and oxygen atoms in total. The number of carbonyl (C=O) groups is 1. The zero-order chi connectivity index (χ0) is 30.1. The van der Waals surface area contributed by atoms with Crippen molar-refractivity contribution in [3.8, 4) is 5.75 Å². The van der Waals surface area contributed by atoms with E-state index in [0.717, 1.165) is 11.1 Å². The molecular weight excluding hydrogens is 556 g/mol. The summed E-state index contributed by atoms with van der Waals surface area (Å²) >= 11 is 0. The molecule has 3 unspecified atom stereocenters. The Balaban J connectivity index is 1.45. The molecule has 0 radical (unpaired) electrons. The molecule has 5 rings (SSSR count). The van der Waals surface area contributed by atoms with Gasteiger partial charge in [0.1, 0.15) is 29.7 Å². The van der Waals surface area contributed by atoms with E-state index < -0.39 is 39.5 Å². The van der Waals surface area contributed by atoms with E-state index in [9.17, 15) is 18.3 Å². The topological polar surface area (TPSA) is 118 Å². The summed E-state index contributed by atoms with van der Waals surface area (Å²) in [6.45, 7) is 7.52. The van der Waals surface area contributed by atoms with Gasteiger partial charge in [-0.1, -0.05) is 48.0 Å². The summed E-state index contributed by atoms with van der Waals surface area (Å²) in [5.74, 6) is 0.577. The number of fused-ring (bicyclic) bond motifs is 3. The number of nitrogens with one attached hydrogen (secondary N) is 1. The van der Waals surface area contributed by atoms with Crippen LogP contribution in [0.25, 0.3) is 0 Å². The van der Waals surface area contributed by atoms with Crippen molar-refractivity contribution in [3.63, 3.8) is 0 Å². The molecule has 2 aliphatic heterocycles. The van der Waals surface area contributed by atoms with Crippen molar-refractivity contribution in [1.82, 2.24) is 5.32 Å². The number of nitrogens with zero attached hydrogens (tertiary/aromatic N) is 1. The van der Waals surface area contributed by atoms with Gasteiger partial charge in [0.25, 0.3) is 10.0 Å². The number of hydrogen-bond donors (Lipinski definition) is 2. The molecule has 3 atom stereocenters. The Morgan fingerprint density at radius 2 is 1.79 bits per heavy atom. The Hall–Kier alpha value is -3.60. The van der Waals surface area contributed by atoms with E-state index in [4.69, 9.17) is 14.2 Å². The second-order valence-corrected chi connectivity index (χ2v) is 13.6. The number of aliphatic hydroxyl groups is 1. The van der Waals surface area contributed by atoms with Gasteiger partial charge in [-0.25, -0.2) is 13.2 Å². The lowest BCUT2D eigenvalue weighted by Crippen LogP contribution is -2.53. The first kappa shape index (κ1) is 29.9. The highest BCUT2D eigenvalue weighted by atomic mass is 32.2. The molecule has 0 aromatic heterocycles. The van der Waals surface area contributed by atoms with Crippen molar-refractivity contribution >= 4 is 21.8 Å². The lowest BCUT2D eigenvalue weighted by atomic mass is 9.85. The summed E-state index contributed by atoms with van der Waals surface area (Å²) in [7, 11) is -4.05. The van der Waals surface area contributed by atoms with Crippen LogP contribution in [0.15, 0.2) is 77.7 Å². The van der Waals surface area contributed by atoms with Crippen molar-refractivity contribution in [1.29, 1.82) is 0 Å². The van der Waals surface area contributed by atoms with Crippen molar-refractivity contribution in [3.05, 3.63) is 89.5 Å². The van der Waals surface area contributed by atoms with Crippen LogP contribution in [0, 0.1) is 6.92 Å². The number of aliphatic hydroxyl groups excluding tert-OH is 1. The molecule has 10 heteroatoms. The minimum atomic E-state index is -4.05. The quantitative estimate of drug-likeness (QED) is 0.243. The number of ether oxygens (including phenoxy) is 3. The molecule has 2 N–H and O–H groups in total. The van der Waals surface area contributed by atoms with E-state index in [0.29, 0.717) is 36.4 Å². The highest BCUT2D eigenvalue weighted by molar-refractivity contribution is 7.92. The number of epoxide rings is 1. The zero-order valence-corrected chi connectivity index (χ0v) is 25.2. The van der Waals surface area contributed by atoms with Crippen LogP contribution in [0.5, 0.6) is 5.75 Å². The number of anilines is 1. The summed E-state index contributed by atoms with van der Waals surface area (Å²) in [6, 6.07) is 21.1. The van der Waals surface area contributed by atoms with Crippen molar-refractivity contribution in [2.24, 2.45) is 0 Å². The van der Waals surface area contributed by atoms with Crippen LogP contribution in [-0.2, 0) is 26.1 Å². The lowest BCUT2D eigenvalue weighted by molar-refractivity contribution is 0.0526. The highest BCUT2D eigenvalue weighted by Crippen LogP contribution is 2.61. The minimum Gasteiger partial charge on any atom is -0.489 e. The monoisotopic (exact) mass is 594 g/mol. The van der Waals surface area contributed by atoms with Gasteiger partial charge in [0, 0.05) is 12.1 Å². The Labute approximate surface area is 247 Å². The van der Waals surface area contributed by atoms with Crippen molar-refractivity contribution < 1.29 is 32.5 Å². The fourth-order valence-electron chi connectivity index (χ4n) is 5.41. The van der Waals surface area contributed by atoms with E-state index in [2.05, 4.69) is 5.32 Å². The smallest absolute Gasteiger partial charge is 0.407 e. The van der Waals surface area contributed by atoms with E-state index in [-0.39, 0.29) is 18.0 Å². The van der Waals surface area contributed by atoms with Crippen LogP contribution in [0.1, 0.15) is 56.4 Å². The molecule has 1 fully saturated rings. The number of benzene rings is 3. The largest absolute Gasteiger partial charge is 0.489 e. The highest BCUT2D eigenvalue weighted by Gasteiger charge is 2.68. The molecule has 224 valence electrons. The van der Waals surface area contributed by atoms with Crippen molar-refractivity contribution in [2.45, 2.75) is 75.4 Å². The maximum absolute atomic E-state index is 14.3. The molecule has 0 aliphatic carbocycles. The predicted octanol–water partition coefficient (Wildman–Crippen LogP) is 5.26. The average molecular weight is 595 g/mol. The summed E-state index contributed by atoms with van der Waals surface area (Å²) in [4.78, 5) is 12.3. The third-order valence-corrected chi connectivity index (χ3v) is 9.32. The van der Waals surface area contributed by atoms with Gasteiger partial charge in [-0.15, -0.1) is 0 Å². The predicted molar refractivity (Wildman–Crippen MR) is 159 cm³/mol. The van der Waals surface area contributed by atoms with Gasteiger partial charge in [0.15, 0.2) is 0 Å². The summed E-state index contributed by atoms with van der Waals surface area (Å²) in [5.41, 5.74) is 1.33. The first-order valence-corrected chi connectivity index (χ1v) is 15.6. The van der Waals surface area contributed by atoms with E-state index in [1.165, 1.54) is 4.31 Å². The molecule has 3 aromatic carbocycles. The van der Waals surface area contributed by atoms with Crippen LogP contribution in [0.2, 0.25) is 0 Å². The van der Waals surface area contributed by atoms with Gasteiger partial charge in [0.2, 0.25) is 0 Å². The van der Waals surface area contributed by atoms with Crippen molar-refractivity contribution in [2.75, 3.05) is 17.5 Å². The number of amides is 1. The van der Waals surface area contributed by atoms with Gasteiger partial charge in [-0.05, 0) is 76.4 Å². The fraction of sp³-hybridized carbons (Fsp3) is 0.406. The third kappa shape index (κ3) is 6.11.